The first-order chi connectivity index (χ1) is 14.2. The first-order valence-corrected chi connectivity index (χ1v) is 13.2. The molecular formula is C23H40O6Si. The van der Waals surface area contributed by atoms with E-state index < -0.39 is 20.8 Å². The van der Waals surface area contributed by atoms with E-state index in [0.717, 1.165) is 17.6 Å². The van der Waals surface area contributed by atoms with Gasteiger partial charge in [0.25, 0.3) is 5.97 Å². The van der Waals surface area contributed by atoms with E-state index in [1.807, 2.05) is 53.3 Å². The number of allylic oxidation sites excluding steroid dienone is 4. The lowest BCUT2D eigenvalue weighted by Gasteiger charge is -2.40. The number of rotatable bonds is 14. The SMILES string of the molecule is C=C(C)/C=C/O[Si](C)(O/C=C/C(=C)C)C(CC)OC(CC)OC1(CC)OCCCO1. The van der Waals surface area contributed by atoms with Gasteiger partial charge in [0.2, 0.25) is 0 Å². The second-order valence-electron chi connectivity index (χ2n) is 7.63. The number of hydrogen-bond donors (Lipinski definition) is 0. The maximum absolute atomic E-state index is 6.38. The predicted molar refractivity (Wildman–Crippen MR) is 122 cm³/mol. The molecule has 1 aliphatic heterocycles. The van der Waals surface area contributed by atoms with Crippen LogP contribution in [0.1, 0.15) is 60.3 Å². The summed E-state index contributed by atoms with van der Waals surface area (Å²) in [5.74, 6) is -1.06. The summed E-state index contributed by atoms with van der Waals surface area (Å²) < 4.78 is 36.4. The summed E-state index contributed by atoms with van der Waals surface area (Å²) in [4.78, 5) is 0. The summed E-state index contributed by atoms with van der Waals surface area (Å²) in [7, 11) is -2.83. The van der Waals surface area contributed by atoms with Gasteiger partial charge in [0.1, 0.15) is 5.73 Å². The molecule has 1 rings (SSSR count). The van der Waals surface area contributed by atoms with Crippen LogP contribution in [0.3, 0.4) is 0 Å². The van der Waals surface area contributed by atoms with Crippen LogP contribution in [-0.4, -0.2) is 39.8 Å². The lowest BCUT2D eigenvalue weighted by Crippen LogP contribution is -2.53. The molecule has 7 heteroatoms. The van der Waals surface area contributed by atoms with Crippen molar-refractivity contribution in [1.29, 1.82) is 0 Å². The fraction of sp³-hybridized carbons (Fsp3) is 0.652. The van der Waals surface area contributed by atoms with Crippen LogP contribution in [0.4, 0.5) is 0 Å². The van der Waals surface area contributed by atoms with Crippen molar-refractivity contribution in [2.45, 2.75) is 84.8 Å². The third-order valence-electron chi connectivity index (χ3n) is 4.59. The Kier molecular flexibility index (Phi) is 11.7. The molecular weight excluding hydrogens is 400 g/mol. The largest absolute Gasteiger partial charge is 0.517 e. The zero-order chi connectivity index (χ0) is 22.6. The van der Waals surface area contributed by atoms with Crippen molar-refractivity contribution in [2.24, 2.45) is 0 Å². The Labute approximate surface area is 183 Å². The topological polar surface area (TPSA) is 55.4 Å². The van der Waals surface area contributed by atoms with E-state index >= 15 is 0 Å². The Morgan fingerprint density at radius 1 is 1.00 bits per heavy atom. The van der Waals surface area contributed by atoms with Crippen molar-refractivity contribution in [2.75, 3.05) is 13.2 Å². The second-order valence-corrected chi connectivity index (χ2v) is 10.8. The number of ether oxygens (including phenoxy) is 4. The molecule has 1 heterocycles. The van der Waals surface area contributed by atoms with E-state index in [1.54, 1.807) is 12.5 Å². The Morgan fingerprint density at radius 2 is 1.53 bits per heavy atom. The minimum atomic E-state index is -2.83. The second kappa shape index (κ2) is 13.1. The van der Waals surface area contributed by atoms with Gasteiger partial charge in [0.15, 0.2) is 6.29 Å². The van der Waals surface area contributed by atoms with E-state index in [1.165, 1.54) is 0 Å². The smallest absolute Gasteiger partial charge is 0.486 e. The summed E-state index contributed by atoms with van der Waals surface area (Å²) >= 11 is 0. The third kappa shape index (κ3) is 8.77. The Hall–Kier alpha value is -1.38. The Morgan fingerprint density at radius 3 is 1.93 bits per heavy atom. The molecule has 0 aromatic carbocycles. The summed E-state index contributed by atoms with van der Waals surface area (Å²) in [5.41, 5.74) is 1.50. The Bertz CT molecular complexity index is 569. The summed E-state index contributed by atoms with van der Waals surface area (Å²) in [5, 5.41) is 0. The molecule has 6 nitrogen and oxygen atoms in total. The van der Waals surface area contributed by atoms with E-state index in [0.29, 0.717) is 32.5 Å². The van der Waals surface area contributed by atoms with Crippen LogP contribution < -0.4 is 0 Å². The van der Waals surface area contributed by atoms with E-state index in [-0.39, 0.29) is 5.73 Å². The molecule has 1 fully saturated rings. The van der Waals surface area contributed by atoms with Crippen molar-refractivity contribution in [1.82, 2.24) is 0 Å². The van der Waals surface area contributed by atoms with Gasteiger partial charge < -0.3 is 23.1 Å². The van der Waals surface area contributed by atoms with E-state index in [9.17, 15) is 0 Å². The van der Waals surface area contributed by atoms with E-state index in [4.69, 9.17) is 27.8 Å². The predicted octanol–water partition coefficient (Wildman–Crippen LogP) is 5.86. The zero-order valence-electron chi connectivity index (χ0n) is 19.6. The molecule has 0 radical (unpaired) electrons. The van der Waals surface area contributed by atoms with Crippen molar-refractivity contribution in [3.05, 3.63) is 49.0 Å². The molecule has 172 valence electrons. The van der Waals surface area contributed by atoms with Gasteiger partial charge in [-0.2, -0.15) is 0 Å². The summed E-state index contributed by atoms with van der Waals surface area (Å²) in [6.07, 6.45) is 9.16. The van der Waals surface area contributed by atoms with Crippen molar-refractivity contribution in [3.8, 4) is 0 Å². The van der Waals surface area contributed by atoms with Crippen LogP contribution in [-0.2, 0) is 27.8 Å². The monoisotopic (exact) mass is 440 g/mol. The maximum atomic E-state index is 6.38. The summed E-state index contributed by atoms with van der Waals surface area (Å²) in [6, 6.07) is 0. The van der Waals surface area contributed by atoms with Crippen LogP contribution >= 0.6 is 0 Å². The highest BCUT2D eigenvalue weighted by Crippen LogP contribution is 2.29. The minimum absolute atomic E-state index is 0.288. The Balaban J connectivity index is 2.99. The molecule has 0 aromatic heterocycles. The normalized spacial score (nSPS) is 19.0. The molecule has 0 amide bonds. The molecule has 0 spiro atoms. The fourth-order valence-electron chi connectivity index (χ4n) is 2.84. The molecule has 2 unspecified atom stereocenters. The van der Waals surface area contributed by atoms with Crippen LogP contribution in [0.2, 0.25) is 6.55 Å². The lowest BCUT2D eigenvalue weighted by atomic mass is 10.3. The van der Waals surface area contributed by atoms with Gasteiger partial charge in [-0.1, -0.05) is 45.1 Å². The fourth-order valence-corrected chi connectivity index (χ4v) is 5.02. The molecule has 0 saturated carbocycles. The first-order valence-electron chi connectivity index (χ1n) is 10.8. The lowest BCUT2D eigenvalue weighted by molar-refractivity contribution is -0.436. The van der Waals surface area contributed by atoms with Gasteiger partial charge in [-0.25, -0.2) is 0 Å². The highest BCUT2D eigenvalue weighted by molar-refractivity contribution is 6.67. The average molecular weight is 441 g/mol. The van der Waals surface area contributed by atoms with Crippen molar-refractivity contribution in [3.63, 3.8) is 0 Å². The number of hydrogen-bond acceptors (Lipinski definition) is 6. The standard InChI is InChI=1S/C23H40O6Si/c1-9-21(29-23(11-3)24-15-12-16-25-23)28-22(10-2)30(8,26-17-13-19(4)5)27-18-14-20(6)7/h13-14,17-18,21-22H,4,6,9-12,15-16H2,1-3,5,7-8H3/b17-13+,18-14+. The van der Waals surface area contributed by atoms with Gasteiger partial charge in [-0.3, -0.25) is 4.74 Å². The molecule has 0 N–H and O–H groups in total. The van der Waals surface area contributed by atoms with Crippen LogP contribution in [0.5, 0.6) is 0 Å². The van der Waals surface area contributed by atoms with Crippen molar-refractivity contribution >= 4 is 8.56 Å². The third-order valence-corrected chi connectivity index (χ3v) is 7.51. The quantitative estimate of drug-likeness (QED) is 0.146. The molecule has 2 atom stereocenters. The van der Waals surface area contributed by atoms with Gasteiger partial charge in [0.05, 0.1) is 25.7 Å². The molecule has 1 saturated heterocycles. The molecule has 1 aliphatic rings. The van der Waals surface area contributed by atoms with Crippen LogP contribution in [0.25, 0.3) is 0 Å². The minimum Gasteiger partial charge on any atom is -0.517 e. The zero-order valence-corrected chi connectivity index (χ0v) is 20.6. The molecule has 0 aliphatic carbocycles. The first kappa shape index (κ1) is 26.7. The van der Waals surface area contributed by atoms with Crippen LogP contribution in [0.15, 0.2) is 49.0 Å². The maximum Gasteiger partial charge on any atom is 0.486 e. The van der Waals surface area contributed by atoms with Crippen molar-refractivity contribution < 1.29 is 27.8 Å². The van der Waals surface area contributed by atoms with E-state index in [2.05, 4.69) is 13.2 Å². The van der Waals surface area contributed by atoms with Crippen LogP contribution in [0, 0.1) is 0 Å². The van der Waals surface area contributed by atoms with Gasteiger partial charge in [0, 0.05) is 13.0 Å². The van der Waals surface area contributed by atoms with Gasteiger partial charge >= 0.3 is 8.56 Å². The molecule has 30 heavy (non-hydrogen) atoms. The van der Waals surface area contributed by atoms with Gasteiger partial charge in [-0.05, 0) is 45.3 Å². The highest BCUT2D eigenvalue weighted by atomic mass is 28.4. The van der Waals surface area contributed by atoms with Gasteiger partial charge in [-0.15, -0.1) is 0 Å². The molecule has 0 bridgehead atoms. The highest BCUT2D eigenvalue weighted by Gasteiger charge is 2.47. The molecule has 0 aromatic rings. The average Bonchev–Trinajstić information content (AvgIpc) is 2.71. The summed E-state index contributed by atoms with van der Waals surface area (Å²) in [6.45, 7) is 20.8.